The van der Waals surface area contributed by atoms with Gasteiger partial charge in [0.2, 0.25) is 5.88 Å². The molecule has 4 aromatic rings. The van der Waals surface area contributed by atoms with Crippen molar-refractivity contribution < 1.29 is 27.8 Å². The van der Waals surface area contributed by atoms with E-state index >= 15 is 8.78 Å². The summed E-state index contributed by atoms with van der Waals surface area (Å²) in [7, 11) is 3.36. The monoisotopic (exact) mass is 729 g/mol. The molecule has 0 saturated carbocycles. The second kappa shape index (κ2) is 14.1. The van der Waals surface area contributed by atoms with E-state index in [0.29, 0.717) is 60.4 Å². The average Bonchev–Trinajstić information content (AvgIpc) is 3.82. The SMILES string of the molecule is CCc1c(F)ccc2cccc(-c3nc(OC(C)C)c4c(N5CC6CCC(C5)N6)nc(OC[C@]56CCCN5[C@@H](COC(=O)N(C)C)CC6)nc4c3F)c12. The number of carbonyl (C=O) groups excluding carboxylic acids is 1. The van der Waals surface area contributed by atoms with E-state index in [0.717, 1.165) is 50.5 Å². The Hall–Kier alpha value is -4.36. The third kappa shape index (κ3) is 6.49. The van der Waals surface area contributed by atoms with Crippen molar-refractivity contribution in [3.05, 3.63) is 47.5 Å². The number of carbonyl (C=O) groups is 1. The number of rotatable bonds is 10. The second-order valence-corrected chi connectivity index (χ2v) is 15.6. The van der Waals surface area contributed by atoms with E-state index in [1.54, 1.807) is 26.2 Å². The van der Waals surface area contributed by atoms with Gasteiger partial charge in [0.05, 0.1) is 11.6 Å². The van der Waals surface area contributed by atoms with Gasteiger partial charge in [-0.15, -0.1) is 0 Å². The molecular formula is C40H49F2N7O4. The molecule has 1 N–H and O–H groups in total. The lowest BCUT2D eigenvalue weighted by Gasteiger charge is -2.35. The fourth-order valence-corrected chi connectivity index (χ4v) is 9.11. The Morgan fingerprint density at radius 3 is 2.57 bits per heavy atom. The van der Waals surface area contributed by atoms with E-state index in [-0.39, 0.29) is 64.8 Å². The fraction of sp³-hybridized carbons (Fsp3) is 0.550. The van der Waals surface area contributed by atoms with Crippen LogP contribution in [0.5, 0.6) is 11.9 Å². The highest BCUT2D eigenvalue weighted by atomic mass is 19.1. The Labute approximate surface area is 309 Å². The van der Waals surface area contributed by atoms with Crippen molar-refractivity contribution in [3.8, 4) is 23.1 Å². The van der Waals surface area contributed by atoms with E-state index in [1.807, 2.05) is 32.9 Å². The van der Waals surface area contributed by atoms with Crippen LogP contribution in [0.4, 0.5) is 19.4 Å². The van der Waals surface area contributed by atoms with E-state index < -0.39 is 5.82 Å². The van der Waals surface area contributed by atoms with Crippen LogP contribution in [0.1, 0.15) is 64.9 Å². The summed E-state index contributed by atoms with van der Waals surface area (Å²) in [5.74, 6) is -0.204. The molecule has 4 fully saturated rings. The molecule has 6 heterocycles. The highest BCUT2D eigenvalue weighted by molar-refractivity contribution is 6.02. The quantitative estimate of drug-likeness (QED) is 0.195. The molecule has 13 heteroatoms. The predicted molar refractivity (Wildman–Crippen MR) is 200 cm³/mol. The van der Waals surface area contributed by atoms with Gasteiger partial charge in [0, 0.05) is 50.9 Å². The third-order valence-corrected chi connectivity index (χ3v) is 11.5. The van der Waals surface area contributed by atoms with E-state index in [9.17, 15) is 4.79 Å². The zero-order valence-electron chi connectivity index (χ0n) is 31.3. The normalized spacial score (nSPS) is 24.0. The zero-order valence-corrected chi connectivity index (χ0v) is 31.3. The lowest BCUT2D eigenvalue weighted by Crippen LogP contribution is -2.51. The Morgan fingerprint density at radius 1 is 1.04 bits per heavy atom. The summed E-state index contributed by atoms with van der Waals surface area (Å²) in [6, 6.07) is 9.45. The molecule has 0 spiro atoms. The van der Waals surface area contributed by atoms with Crippen LogP contribution < -0.4 is 19.7 Å². The summed E-state index contributed by atoms with van der Waals surface area (Å²) >= 11 is 0. The van der Waals surface area contributed by atoms with Crippen LogP contribution in [-0.4, -0.2) is 108 Å². The number of pyridine rings is 1. The first-order valence-electron chi connectivity index (χ1n) is 19.1. The molecule has 2 aromatic heterocycles. The van der Waals surface area contributed by atoms with Gasteiger partial charge in [-0.1, -0.05) is 31.2 Å². The summed E-state index contributed by atoms with van der Waals surface area (Å²) in [6.07, 6.45) is 5.60. The maximum atomic E-state index is 17.4. The number of nitrogens with zero attached hydrogens (tertiary/aromatic N) is 6. The number of hydrogen-bond donors (Lipinski definition) is 1. The first-order chi connectivity index (χ1) is 25.5. The number of anilines is 1. The van der Waals surface area contributed by atoms with Crippen molar-refractivity contribution in [2.45, 2.75) is 95.5 Å². The summed E-state index contributed by atoms with van der Waals surface area (Å²) in [5, 5.41) is 5.50. The number of piperazine rings is 1. The molecule has 0 aliphatic carbocycles. The number of nitrogens with one attached hydrogen (secondary N) is 1. The molecular weight excluding hydrogens is 680 g/mol. The fourth-order valence-electron chi connectivity index (χ4n) is 9.11. The smallest absolute Gasteiger partial charge is 0.409 e. The molecule has 0 radical (unpaired) electrons. The minimum atomic E-state index is -0.633. The molecule has 4 aliphatic heterocycles. The largest absolute Gasteiger partial charge is 0.474 e. The predicted octanol–water partition coefficient (Wildman–Crippen LogP) is 6.49. The molecule has 2 unspecified atom stereocenters. The van der Waals surface area contributed by atoms with Crippen molar-refractivity contribution in [2.75, 3.05) is 51.8 Å². The van der Waals surface area contributed by atoms with Crippen LogP contribution >= 0.6 is 0 Å². The van der Waals surface area contributed by atoms with Crippen LogP contribution in [0.15, 0.2) is 30.3 Å². The summed E-state index contributed by atoms with van der Waals surface area (Å²) < 4.78 is 51.2. The molecule has 282 valence electrons. The van der Waals surface area contributed by atoms with Crippen molar-refractivity contribution in [1.82, 2.24) is 30.1 Å². The van der Waals surface area contributed by atoms with Crippen LogP contribution in [0, 0.1) is 11.6 Å². The molecule has 53 heavy (non-hydrogen) atoms. The first kappa shape index (κ1) is 35.7. The second-order valence-electron chi connectivity index (χ2n) is 15.6. The van der Waals surface area contributed by atoms with Crippen LogP contribution in [0.25, 0.3) is 32.9 Å². The maximum absolute atomic E-state index is 17.4. The standard InChI is InChI=1S/C40H49F2N7O4/c1-6-28-30(41)14-11-24-9-7-10-29(31(24)28)34-33(42)35-32(37(44-34)53-23(2)3)36(48-19-25-12-13-26(20-48)43-25)46-38(45-35)52-22-40-16-8-18-49(40)27(15-17-40)21-51-39(50)47(4)5/h7,9-11,14,23,25-27,43H,6,8,12-13,15-22H2,1-5H3/t25?,26?,27-,40-/m1/s1. The minimum absolute atomic E-state index is 0.0431. The topological polar surface area (TPSA) is 105 Å². The summed E-state index contributed by atoms with van der Waals surface area (Å²) in [4.78, 5) is 33.0. The van der Waals surface area contributed by atoms with Crippen molar-refractivity contribution in [3.63, 3.8) is 0 Å². The van der Waals surface area contributed by atoms with Crippen LogP contribution in [0.2, 0.25) is 0 Å². The van der Waals surface area contributed by atoms with Gasteiger partial charge in [0.15, 0.2) is 5.82 Å². The Morgan fingerprint density at radius 2 is 1.83 bits per heavy atom. The number of ether oxygens (including phenoxy) is 3. The third-order valence-electron chi connectivity index (χ3n) is 11.5. The number of aryl methyl sites for hydroxylation is 1. The van der Waals surface area contributed by atoms with Crippen LogP contribution in [0.3, 0.4) is 0 Å². The Kier molecular flexibility index (Phi) is 9.51. The van der Waals surface area contributed by atoms with Crippen molar-refractivity contribution >= 4 is 33.6 Å². The highest BCUT2D eigenvalue weighted by Crippen LogP contribution is 2.45. The van der Waals surface area contributed by atoms with Gasteiger partial charge in [-0.05, 0) is 87.7 Å². The lowest BCUT2D eigenvalue weighted by molar-refractivity contribution is 0.0484. The van der Waals surface area contributed by atoms with Crippen molar-refractivity contribution in [1.29, 1.82) is 0 Å². The molecule has 8 rings (SSSR count). The highest BCUT2D eigenvalue weighted by Gasteiger charge is 2.50. The zero-order chi connectivity index (χ0) is 37.0. The molecule has 4 saturated heterocycles. The molecule has 4 atom stereocenters. The van der Waals surface area contributed by atoms with Gasteiger partial charge in [-0.2, -0.15) is 9.97 Å². The number of aromatic nitrogens is 3. The van der Waals surface area contributed by atoms with Gasteiger partial charge < -0.3 is 29.3 Å². The Bertz CT molecular complexity index is 2030. The molecule has 11 nitrogen and oxygen atoms in total. The number of hydrogen-bond acceptors (Lipinski definition) is 10. The maximum Gasteiger partial charge on any atom is 0.409 e. The van der Waals surface area contributed by atoms with Crippen LogP contribution in [-0.2, 0) is 11.2 Å². The van der Waals surface area contributed by atoms with Gasteiger partial charge in [0.25, 0.3) is 0 Å². The Balaban J connectivity index is 1.24. The lowest BCUT2D eigenvalue weighted by atomic mass is 9.95. The number of benzene rings is 2. The molecule has 2 bridgehead atoms. The minimum Gasteiger partial charge on any atom is -0.474 e. The summed E-state index contributed by atoms with van der Waals surface area (Å²) in [6.45, 7) is 8.62. The average molecular weight is 730 g/mol. The first-order valence-corrected chi connectivity index (χ1v) is 19.1. The number of amides is 1. The summed E-state index contributed by atoms with van der Waals surface area (Å²) in [5.41, 5.74) is 0.813. The molecule has 2 aromatic carbocycles. The van der Waals surface area contributed by atoms with E-state index in [2.05, 4.69) is 15.1 Å². The van der Waals surface area contributed by atoms with Crippen molar-refractivity contribution in [2.24, 2.45) is 0 Å². The molecule has 4 aliphatic rings. The van der Waals surface area contributed by atoms with E-state index in [4.69, 9.17) is 29.2 Å². The van der Waals surface area contributed by atoms with Gasteiger partial charge >= 0.3 is 12.1 Å². The van der Waals surface area contributed by atoms with Gasteiger partial charge in [0.1, 0.15) is 41.4 Å². The molecule has 1 amide bonds. The number of halogens is 2. The van der Waals surface area contributed by atoms with Gasteiger partial charge in [-0.3, -0.25) is 4.90 Å². The van der Waals surface area contributed by atoms with E-state index in [1.165, 1.54) is 11.0 Å². The number of fused-ring (bicyclic) bond motifs is 5. The van der Waals surface area contributed by atoms with Gasteiger partial charge in [-0.25, -0.2) is 18.6 Å².